The standard InChI is InChI=1S/C27H24O10/c1-12(28)35-21-6-4-13(8-22(21)34-2)15-10-24(33)36-23-11-18(30)16-9-20(32)26(37-27(16)25(15)23)14-3-5-17(29)19(31)7-14/h3-8,11,15,20,26,29-32H,9-10H2,1-2H3/t15-,20+,26+/m0/s1. The van der Waals surface area contributed by atoms with Crippen molar-refractivity contribution in [2.24, 2.45) is 0 Å². The lowest BCUT2D eigenvalue weighted by molar-refractivity contribution is -0.135. The van der Waals surface area contributed by atoms with Crippen LogP contribution in [0.2, 0.25) is 0 Å². The van der Waals surface area contributed by atoms with Crippen molar-refractivity contribution in [3.05, 3.63) is 64.7 Å². The average molecular weight is 508 g/mol. The highest BCUT2D eigenvalue weighted by Crippen LogP contribution is 2.53. The Morgan fingerprint density at radius 1 is 0.946 bits per heavy atom. The number of aliphatic hydroxyl groups excluding tert-OH is 1. The molecular weight excluding hydrogens is 484 g/mol. The molecule has 3 aromatic rings. The minimum Gasteiger partial charge on any atom is -0.507 e. The highest BCUT2D eigenvalue weighted by Gasteiger charge is 2.40. The molecule has 3 atom stereocenters. The largest absolute Gasteiger partial charge is 0.507 e. The average Bonchev–Trinajstić information content (AvgIpc) is 2.85. The second-order valence-corrected chi connectivity index (χ2v) is 8.91. The third-order valence-electron chi connectivity index (χ3n) is 6.48. The Kier molecular flexibility index (Phi) is 6.04. The fraction of sp³-hybridized carbons (Fsp3) is 0.259. The van der Waals surface area contributed by atoms with Gasteiger partial charge in [0.25, 0.3) is 0 Å². The number of carbonyl (C=O) groups excluding carboxylic acids is 2. The van der Waals surface area contributed by atoms with E-state index in [0.717, 1.165) is 0 Å². The van der Waals surface area contributed by atoms with Gasteiger partial charge < -0.3 is 39.4 Å². The van der Waals surface area contributed by atoms with E-state index in [1.54, 1.807) is 18.2 Å². The number of phenolic OH excluding ortho intramolecular Hbond substituents is 3. The van der Waals surface area contributed by atoms with Gasteiger partial charge in [0.15, 0.2) is 23.0 Å². The van der Waals surface area contributed by atoms with Crippen molar-refractivity contribution in [2.75, 3.05) is 7.11 Å². The summed E-state index contributed by atoms with van der Waals surface area (Å²) in [5.41, 5.74) is 1.89. The molecule has 0 fully saturated rings. The number of ether oxygens (including phenoxy) is 4. The van der Waals surface area contributed by atoms with Gasteiger partial charge in [-0.3, -0.25) is 9.59 Å². The van der Waals surface area contributed by atoms with E-state index >= 15 is 0 Å². The zero-order valence-electron chi connectivity index (χ0n) is 19.9. The zero-order chi connectivity index (χ0) is 26.4. The molecule has 10 nitrogen and oxygen atoms in total. The number of benzene rings is 3. The van der Waals surface area contributed by atoms with Crippen molar-refractivity contribution in [1.82, 2.24) is 0 Å². The van der Waals surface area contributed by atoms with Crippen LogP contribution in [0, 0.1) is 0 Å². The summed E-state index contributed by atoms with van der Waals surface area (Å²) >= 11 is 0. The van der Waals surface area contributed by atoms with E-state index in [0.29, 0.717) is 22.3 Å². The quantitative estimate of drug-likeness (QED) is 0.235. The fourth-order valence-electron chi connectivity index (χ4n) is 4.81. The molecule has 0 unspecified atom stereocenters. The van der Waals surface area contributed by atoms with Crippen molar-refractivity contribution in [3.8, 4) is 40.2 Å². The van der Waals surface area contributed by atoms with Crippen LogP contribution in [-0.4, -0.2) is 45.6 Å². The number of hydrogen-bond donors (Lipinski definition) is 4. The Morgan fingerprint density at radius 2 is 1.70 bits per heavy atom. The minimum absolute atomic E-state index is 0.0239. The second kappa shape index (κ2) is 9.21. The normalized spacial score (nSPS) is 20.2. The highest BCUT2D eigenvalue weighted by molar-refractivity contribution is 5.80. The Morgan fingerprint density at radius 3 is 2.41 bits per heavy atom. The van der Waals surface area contributed by atoms with Crippen molar-refractivity contribution < 1.29 is 49.0 Å². The van der Waals surface area contributed by atoms with E-state index in [-0.39, 0.29) is 53.1 Å². The van der Waals surface area contributed by atoms with Gasteiger partial charge in [0.1, 0.15) is 23.4 Å². The van der Waals surface area contributed by atoms with Crippen LogP contribution in [0.4, 0.5) is 0 Å². The Balaban J connectivity index is 1.63. The molecule has 0 saturated heterocycles. The van der Waals surface area contributed by atoms with Crippen LogP contribution >= 0.6 is 0 Å². The number of carbonyl (C=O) groups is 2. The van der Waals surface area contributed by atoms with Crippen LogP contribution in [0.5, 0.6) is 40.2 Å². The third kappa shape index (κ3) is 4.36. The van der Waals surface area contributed by atoms with Gasteiger partial charge in [-0.25, -0.2) is 0 Å². The van der Waals surface area contributed by atoms with Gasteiger partial charge in [0.2, 0.25) is 0 Å². The SMILES string of the molecule is COc1cc([C@@H]2CC(=O)Oc3cc(O)c4c(c32)O[C@H](c2ccc(O)c(O)c2)[C@H](O)C4)ccc1OC(C)=O. The lowest BCUT2D eigenvalue weighted by Crippen LogP contribution is -2.32. The van der Waals surface area contributed by atoms with Gasteiger partial charge in [0, 0.05) is 36.5 Å². The molecule has 0 aromatic heterocycles. The maximum absolute atomic E-state index is 12.5. The molecule has 0 spiro atoms. The lowest BCUT2D eigenvalue weighted by atomic mass is 9.82. The molecule has 0 aliphatic carbocycles. The first-order chi connectivity index (χ1) is 17.7. The summed E-state index contributed by atoms with van der Waals surface area (Å²) in [7, 11) is 1.43. The van der Waals surface area contributed by atoms with Crippen LogP contribution < -0.4 is 18.9 Å². The van der Waals surface area contributed by atoms with E-state index < -0.39 is 30.1 Å². The van der Waals surface area contributed by atoms with E-state index in [1.165, 1.54) is 38.3 Å². The number of hydrogen-bond acceptors (Lipinski definition) is 10. The summed E-state index contributed by atoms with van der Waals surface area (Å²) in [6.07, 6.45) is -2.04. The smallest absolute Gasteiger partial charge is 0.312 e. The molecule has 10 heteroatoms. The molecule has 2 aliphatic heterocycles. The molecule has 37 heavy (non-hydrogen) atoms. The summed E-state index contributed by atoms with van der Waals surface area (Å²) in [6.45, 7) is 1.27. The molecule has 0 saturated carbocycles. The molecule has 2 aliphatic rings. The minimum atomic E-state index is -1.08. The van der Waals surface area contributed by atoms with Crippen LogP contribution in [-0.2, 0) is 16.0 Å². The highest BCUT2D eigenvalue weighted by atomic mass is 16.6. The summed E-state index contributed by atoms with van der Waals surface area (Å²) in [4.78, 5) is 24.0. The molecule has 4 N–H and O–H groups in total. The first-order valence-electron chi connectivity index (χ1n) is 11.5. The van der Waals surface area contributed by atoms with Gasteiger partial charge >= 0.3 is 11.9 Å². The maximum atomic E-state index is 12.5. The number of aliphatic hydroxyl groups is 1. The van der Waals surface area contributed by atoms with E-state index in [2.05, 4.69) is 0 Å². The van der Waals surface area contributed by atoms with Gasteiger partial charge in [-0.1, -0.05) is 12.1 Å². The van der Waals surface area contributed by atoms with Crippen LogP contribution in [0.25, 0.3) is 0 Å². The number of aromatic hydroxyl groups is 3. The molecule has 2 heterocycles. The van der Waals surface area contributed by atoms with Crippen LogP contribution in [0.3, 0.4) is 0 Å². The molecule has 3 aromatic carbocycles. The fourth-order valence-corrected chi connectivity index (χ4v) is 4.81. The number of esters is 2. The summed E-state index contributed by atoms with van der Waals surface area (Å²) < 4.78 is 22.3. The number of rotatable bonds is 4. The first-order valence-corrected chi connectivity index (χ1v) is 11.5. The first kappa shape index (κ1) is 24.3. The van der Waals surface area contributed by atoms with Gasteiger partial charge in [0.05, 0.1) is 19.6 Å². The molecule has 0 bridgehead atoms. The third-order valence-corrected chi connectivity index (χ3v) is 6.48. The van der Waals surface area contributed by atoms with Crippen molar-refractivity contribution in [1.29, 1.82) is 0 Å². The predicted octanol–water partition coefficient (Wildman–Crippen LogP) is 3.22. The Hall–Kier alpha value is -4.44. The number of phenols is 3. The van der Waals surface area contributed by atoms with E-state index in [9.17, 15) is 30.0 Å². The molecular formula is C27H24O10. The topological polar surface area (TPSA) is 152 Å². The number of fused-ring (bicyclic) bond motifs is 3. The number of methoxy groups -OCH3 is 1. The molecule has 192 valence electrons. The monoisotopic (exact) mass is 508 g/mol. The van der Waals surface area contributed by atoms with Gasteiger partial charge in [-0.05, 0) is 35.4 Å². The van der Waals surface area contributed by atoms with Crippen molar-refractivity contribution in [3.63, 3.8) is 0 Å². The summed E-state index contributed by atoms with van der Waals surface area (Å²) in [5, 5.41) is 41.2. The van der Waals surface area contributed by atoms with Gasteiger partial charge in [-0.15, -0.1) is 0 Å². The molecule has 5 rings (SSSR count). The second-order valence-electron chi connectivity index (χ2n) is 8.91. The van der Waals surface area contributed by atoms with E-state index in [1.807, 2.05) is 0 Å². The van der Waals surface area contributed by atoms with E-state index in [4.69, 9.17) is 18.9 Å². The van der Waals surface area contributed by atoms with Crippen LogP contribution in [0.1, 0.15) is 47.6 Å². The summed E-state index contributed by atoms with van der Waals surface area (Å²) in [5.74, 6) is -1.62. The Bertz CT molecular complexity index is 1410. The van der Waals surface area contributed by atoms with Crippen LogP contribution in [0.15, 0.2) is 42.5 Å². The van der Waals surface area contributed by atoms with Gasteiger partial charge in [-0.2, -0.15) is 0 Å². The maximum Gasteiger partial charge on any atom is 0.312 e. The lowest BCUT2D eigenvalue weighted by Gasteiger charge is -2.36. The summed E-state index contributed by atoms with van der Waals surface area (Å²) in [6, 6.07) is 10.3. The molecule has 0 radical (unpaired) electrons. The Labute approximate surface area is 211 Å². The molecule has 0 amide bonds. The van der Waals surface area contributed by atoms with Crippen molar-refractivity contribution >= 4 is 11.9 Å². The zero-order valence-corrected chi connectivity index (χ0v) is 19.9. The van der Waals surface area contributed by atoms with Crippen molar-refractivity contribution in [2.45, 2.75) is 37.9 Å². The predicted molar refractivity (Wildman–Crippen MR) is 127 cm³/mol.